The maximum Gasteiger partial charge on any atom is 0.243 e. The second-order valence-electron chi connectivity index (χ2n) is 7.45. The minimum Gasteiger partial charge on any atom is -0.497 e. The van der Waals surface area contributed by atoms with Gasteiger partial charge < -0.3 is 14.2 Å². The van der Waals surface area contributed by atoms with Gasteiger partial charge >= 0.3 is 0 Å². The second-order valence-corrected chi connectivity index (χ2v) is 9.79. The molecule has 2 aromatic carbocycles. The number of rotatable bonds is 4. The van der Waals surface area contributed by atoms with Crippen molar-refractivity contribution in [2.45, 2.75) is 29.8 Å². The summed E-state index contributed by atoms with van der Waals surface area (Å²) in [6, 6.07) is 9.57. The van der Waals surface area contributed by atoms with Crippen LogP contribution in [0.1, 0.15) is 29.6 Å². The number of nitrogens with zero attached hydrogens (tertiary/aromatic N) is 1. The smallest absolute Gasteiger partial charge is 0.243 e. The molecule has 4 rings (SSSR count). The molecular weight excluding hydrogens is 430 g/mol. The van der Waals surface area contributed by atoms with E-state index in [9.17, 15) is 13.2 Å². The first-order chi connectivity index (χ1) is 14.3. The van der Waals surface area contributed by atoms with Gasteiger partial charge in [-0.05, 0) is 36.4 Å². The zero-order valence-electron chi connectivity index (χ0n) is 16.7. The number of ketones is 1. The van der Waals surface area contributed by atoms with Crippen LogP contribution >= 0.6 is 11.6 Å². The van der Waals surface area contributed by atoms with Gasteiger partial charge in [-0.1, -0.05) is 11.6 Å². The molecule has 9 heteroatoms. The van der Waals surface area contributed by atoms with Gasteiger partial charge in [0.15, 0.2) is 5.78 Å². The highest BCUT2D eigenvalue weighted by Crippen LogP contribution is 2.41. The van der Waals surface area contributed by atoms with Gasteiger partial charge in [-0.2, -0.15) is 4.31 Å². The van der Waals surface area contributed by atoms with Gasteiger partial charge in [0.05, 0.1) is 36.1 Å². The average molecular weight is 452 g/mol. The normalized spacial score (nSPS) is 18.6. The van der Waals surface area contributed by atoms with Crippen LogP contribution in [0.5, 0.6) is 17.2 Å². The molecule has 0 N–H and O–H groups in total. The summed E-state index contributed by atoms with van der Waals surface area (Å²) in [4.78, 5) is 12.8. The number of halogens is 1. The summed E-state index contributed by atoms with van der Waals surface area (Å²) in [7, 11) is -0.695. The molecule has 1 saturated heterocycles. The van der Waals surface area contributed by atoms with E-state index in [2.05, 4.69) is 0 Å². The molecule has 7 nitrogen and oxygen atoms in total. The Morgan fingerprint density at radius 3 is 2.43 bits per heavy atom. The maximum atomic E-state index is 13.0. The van der Waals surface area contributed by atoms with Gasteiger partial charge in [-0.25, -0.2) is 8.42 Å². The zero-order chi connectivity index (χ0) is 21.5. The Balaban J connectivity index is 1.52. The zero-order valence-corrected chi connectivity index (χ0v) is 18.3. The fraction of sp³-hybridized carbons (Fsp3) is 0.381. The Kier molecular flexibility index (Phi) is 5.42. The molecule has 0 amide bonds. The number of hydrogen-bond acceptors (Lipinski definition) is 6. The van der Waals surface area contributed by atoms with Gasteiger partial charge in [0.25, 0.3) is 0 Å². The average Bonchev–Trinajstić information content (AvgIpc) is 2.73. The Morgan fingerprint density at radius 1 is 1.07 bits per heavy atom. The van der Waals surface area contributed by atoms with E-state index in [1.54, 1.807) is 25.3 Å². The molecule has 2 aromatic rings. The molecule has 0 atom stereocenters. The van der Waals surface area contributed by atoms with Crippen LogP contribution in [0.25, 0.3) is 0 Å². The van der Waals surface area contributed by atoms with Crippen molar-refractivity contribution in [3.8, 4) is 17.2 Å². The van der Waals surface area contributed by atoms with Gasteiger partial charge in [-0.15, -0.1) is 0 Å². The standard InChI is InChI=1S/C21H22ClNO6S/c1-27-14-3-5-19-16(11-14)18(24)13-21(29-19)7-9-23(10-8-21)30(25,26)15-4-6-20(28-2)17(22)12-15/h3-6,11-12H,7-10,13H2,1-2H3. The maximum absolute atomic E-state index is 13.0. The predicted octanol–water partition coefficient (Wildman–Crippen LogP) is 3.55. The Bertz CT molecular complexity index is 1090. The van der Waals surface area contributed by atoms with E-state index < -0.39 is 15.6 Å². The molecule has 0 unspecified atom stereocenters. The molecule has 2 heterocycles. The van der Waals surface area contributed by atoms with E-state index >= 15 is 0 Å². The van der Waals surface area contributed by atoms with Crippen molar-refractivity contribution in [2.24, 2.45) is 0 Å². The minimum atomic E-state index is -3.71. The molecule has 0 radical (unpaired) electrons. The number of Topliss-reactive ketones (excluding diaryl/α,β-unsaturated/α-hetero) is 1. The number of carbonyl (C=O) groups is 1. The lowest BCUT2D eigenvalue weighted by molar-refractivity contribution is 0.00583. The van der Waals surface area contributed by atoms with E-state index in [1.165, 1.54) is 29.6 Å². The van der Waals surface area contributed by atoms with Gasteiger partial charge in [0.2, 0.25) is 10.0 Å². The van der Waals surface area contributed by atoms with Crippen molar-refractivity contribution in [3.05, 3.63) is 47.0 Å². The lowest BCUT2D eigenvalue weighted by Crippen LogP contribution is -2.52. The summed E-state index contributed by atoms with van der Waals surface area (Å²) >= 11 is 6.10. The van der Waals surface area contributed by atoms with Crippen molar-refractivity contribution >= 4 is 27.4 Å². The summed E-state index contributed by atoms with van der Waals surface area (Å²) < 4.78 is 44.0. The lowest BCUT2D eigenvalue weighted by atomic mass is 9.83. The number of benzene rings is 2. The third kappa shape index (κ3) is 3.64. The SMILES string of the molecule is COc1ccc2c(c1)C(=O)CC1(CCN(S(=O)(=O)c3ccc(OC)c(Cl)c3)CC1)O2. The predicted molar refractivity (Wildman–Crippen MR) is 111 cm³/mol. The Morgan fingerprint density at radius 2 is 1.80 bits per heavy atom. The molecule has 0 aromatic heterocycles. The highest BCUT2D eigenvalue weighted by molar-refractivity contribution is 7.89. The number of piperidine rings is 1. The Labute approximate surface area is 180 Å². The molecule has 0 bridgehead atoms. The summed E-state index contributed by atoms with van der Waals surface area (Å²) in [5, 5.41) is 0.236. The Hall–Kier alpha value is -2.29. The van der Waals surface area contributed by atoms with Crippen molar-refractivity contribution in [3.63, 3.8) is 0 Å². The molecule has 0 saturated carbocycles. The van der Waals surface area contributed by atoms with E-state index in [0.717, 1.165) is 0 Å². The van der Waals surface area contributed by atoms with Crippen LogP contribution in [-0.4, -0.2) is 51.4 Å². The van der Waals surface area contributed by atoms with Crippen molar-refractivity contribution in [1.29, 1.82) is 0 Å². The molecule has 160 valence electrons. The van der Waals surface area contributed by atoms with Gasteiger partial charge in [0, 0.05) is 25.9 Å². The fourth-order valence-corrected chi connectivity index (χ4v) is 5.76. The molecule has 30 heavy (non-hydrogen) atoms. The first kappa shape index (κ1) is 21.0. The second kappa shape index (κ2) is 7.76. The first-order valence-corrected chi connectivity index (χ1v) is 11.3. The van der Waals surface area contributed by atoms with Crippen LogP contribution in [0, 0.1) is 0 Å². The van der Waals surface area contributed by atoms with E-state index in [4.69, 9.17) is 25.8 Å². The molecule has 1 fully saturated rings. The summed E-state index contributed by atoms with van der Waals surface area (Å²) in [6.07, 6.45) is 1.07. The van der Waals surface area contributed by atoms with Crippen LogP contribution in [0.2, 0.25) is 5.02 Å². The third-order valence-corrected chi connectivity index (χ3v) is 7.88. The third-order valence-electron chi connectivity index (χ3n) is 5.69. The van der Waals surface area contributed by atoms with Crippen LogP contribution in [0.15, 0.2) is 41.3 Å². The minimum absolute atomic E-state index is 0.0200. The first-order valence-electron chi connectivity index (χ1n) is 9.52. The monoisotopic (exact) mass is 451 g/mol. The van der Waals surface area contributed by atoms with Crippen LogP contribution in [-0.2, 0) is 10.0 Å². The quantitative estimate of drug-likeness (QED) is 0.707. The van der Waals surface area contributed by atoms with E-state index in [0.29, 0.717) is 35.7 Å². The van der Waals surface area contributed by atoms with Gasteiger partial charge in [-0.3, -0.25) is 4.79 Å². The highest BCUT2D eigenvalue weighted by atomic mass is 35.5. The van der Waals surface area contributed by atoms with Crippen LogP contribution < -0.4 is 14.2 Å². The summed E-state index contributed by atoms with van der Waals surface area (Å²) in [5.74, 6) is 1.51. The van der Waals surface area contributed by atoms with Gasteiger partial charge in [0.1, 0.15) is 22.8 Å². The largest absolute Gasteiger partial charge is 0.497 e. The van der Waals surface area contributed by atoms with Crippen molar-refractivity contribution < 1.29 is 27.4 Å². The number of methoxy groups -OCH3 is 2. The lowest BCUT2D eigenvalue weighted by Gasteiger charge is -2.43. The summed E-state index contributed by atoms with van der Waals surface area (Å²) in [5.41, 5.74) is -0.190. The van der Waals surface area contributed by atoms with Crippen molar-refractivity contribution in [2.75, 3.05) is 27.3 Å². The number of fused-ring (bicyclic) bond motifs is 1. The topological polar surface area (TPSA) is 82.1 Å². The molecule has 1 spiro atoms. The van der Waals surface area contributed by atoms with Crippen molar-refractivity contribution in [1.82, 2.24) is 4.31 Å². The fourth-order valence-electron chi connectivity index (χ4n) is 3.97. The number of hydrogen-bond donors (Lipinski definition) is 0. The number of sulfonamides is 1. The number of carbonyl (C=O) groups excluding carboxylic acids is 1. The molecule has 2 aliphatic heterocycles. The van der Waals surface area contributed by atoms with Crippen LogP contribution in [0.3, 0.4) is 0 Å². The molecule has 0 aliphatic carbocycles. The molecule has 2 aliphatic rings. The highest BCUT2D eigenvalue weighted by Gasteiger charge is 2.45. The van der Waals surface area contributed by atoms with E-state index in [-0.39, 0.29) is 35.2 Å². The summed E-state index contributed by atoms with van der Waals surface area (Å²) in [6.45, 7) is 0.509. The van der Waals surface area contributed by atoms with E-state index in [1.807, 2.05) is 0 Å². The molecular formula is C21H22ClNO6S. The van der Waals surface area contributed by atoms with Crippen LogP contribution in [0.4, 0.5) is 0 Å². The number of ether oxygens (including phenoxy) is 3.